The van der Waals surface area contributed by atoms with Crippen LogP contribution in [-0.2, 0) is 9.36 Å². The Hall–Kier alpha value is -0.660. The Morgan fingerprint density at radius 3 is 2.38 bits per heavy atom. The van der Waals surface area contributed by atoms with E-state index in [0.29, 0.717) is 6.42 Å². The van der Waals surface area contributed by atoms with Crippen LogP contribution in [0.5, 0.6) is 0 Å². The van der Waals surface area contributed by atoms with E-state index < -0.39 is 56.9 Å². The van der Waals surface area contributed by atoms with Gasteiger partial charge in [0, 0.05) is 12.7 Å². The molecule has 0 radical (unpaired) electrons. The molecule has 3 unspecified atom stereocenters. The Morgan fingerprint density at radius 1 is 1.15 bits per heavy atom. The van der Waals surface area contributed by atoms with Crippen LogP contribution >= 0.6 is 7.60 Å². The van der Waals surface area contributed by atoms with Crippen LogP contribution in [0.2, 0.25) is 0 Å². The van der Waals surface area contributed by atoms with Gasteiger partial charge < -0.3 is 40.6 Å². The van der Waals surface area contributed by atoms with Crippen LogP contribution < -0.4 is 16.0 Å². The van der Waals surface area contributed by atoms with Crippen molar-refractivity contribution in [1.29, 1.82) is 0 Å². The molecular weight excluding hydrogens is 373 g/mol. The lowest BCUT2D eigenvalue weighted by Crippen LogP contribution is -2.66. The summed E-state index contributed by atoms with van der Waals surface area (Å²) in [6, 6.07) is 0. The predicted octanol–water partition coefficient (Wildman–Crippen LogP) is -4.06. The fourth-order valence-corrected chi connectivity index (χ4v) is 3.27. The molecule has 10 N–H and O–H groups in total. The molecule has 154 valence electrons. The molecular formula is C13H28N3O9P. The van der Waals surface area contributed by atoms with Gasteiger partial charge in [-0.15, -0.1) is 0 Å². The third-order valence-electron chi connectivity index (χ3n) is 4.09. The maximum Gasteiger partial charge on any atom is 0.325 e. The van der Waals surface area contributed by atoms with Crippen LogP contribution in [-0.4, -0.2) is 91.4 Å². The Balaban J connectivity index is 2.57. The van der Waals surface area contributed by atoms with E-state index in [2.05, 4.69) is 16.0 Å². The lowest BCUT2D eigenvalue weighted by molar-refractivity contribution is -0.136. The predicted molar refractivity (Wildman–Crippen MR) is 88.4 cm³/mol. The van der Waals surface area contributed by atoms with E-state index in [-0.39, 0.29) is 25.5 Å². The highest BCUT2D eigenvalue weighted by Gasteiger charge is 2.35. The first kappa shape index (κ1) is 23.4. The van der Waals surface area contributed by atoms with Gasteiger partial charge in [0.2, 0.25) is 5.91 Å². The molecule has 0 aliphatic carbocycles. The van der Waals surface area contributed by atoms with Crippen LogP contribution in [0.25, 0.3) is 0 Å². The molecule has 1 heterocycles. The second-order valence-electron chi connectivity index (χ2n) is 6.26. The summed E-state index contributed by atoms with van der Waals surface area (Å²) >= 11 is 0. The Labute approximate surface area is 150 Å². The highest BCUT2D eigenvalue weighted by atomic mass is 31.2. The third kappa shape index (κ3) is 7.92. The molecule has 12 nitrogen and oxygen atoms in total. The third-order valence-corrected chi connectivity index (χ3v) is 4.99. The second kappa shape index (κ2) is 10.6. The van der Waals surface area contributed by atoms with Gasteiger partial charge in [-0.25, -0.2) is 0 Å². The largest absolute Gasteiger partial charge is 0.394 e. The van der Waals surface area contributed by atoms with Crippen molar-refractivity contribution >= 4 is 13.5 Å². The van der Waals surface area contributed by atoms with Crippen LogP contribution in [0.1, 0.15) is 19.3 Å². The van der Waals surface area contributed by atoms with Gasteiger partial charge in [-0.2, -0.15) is 0 Å². The minimum absolute atomic E-state index is 0.216. The van der Waals surface area contributed by atoms with E-state index in [1.54, 1.807) is 0 Å². The van der Waals surface area contributed by atoms with Gasteiger partial charge in [0.15, 0.2) is 6.35 Å². The van der Waals surface area contributed by atoms with Gasteiger partial charge in [-0.05, 0) is 12.8 Å². The highest BCUT2D eigenvalue weighted by Crippen LogP contribution is 2.35. The summed E-state index contributed by atoms with van der Waals surface area (Å²) in [6.45, 7) is -0.974. The van der Waals surface area contributed by atoms with E-state index in [4.69, 9.17) is 14.9 Å². The first-order chi connectivity index (χ1) is 12.0. The van der Waals surface area contributed by atoms with Crippen LogP contribution in [0.15, 0.2) is 0 Å². The maximum atomic E-state index is 12.0. The average molecular weight is 401 g/mol. The molecule has 1 aliphatic rings. The zero-order valence-corrected chi connectivity index (χ0v) is 15.0. The molecule has 0 aromatic rings. The summed E-state index contributed by atoms with van der Waals surface area (Å²) in [7, 11) is -4.10. The smallest absolute Gasteiger partial charge is 0.325 e. The Bertz CT molecular complexity index is 491. The van der Waals surface area contributed by atoms with Crippen LogP contribution in [0.4, 0.5) is 0 Å². The Morgan fingerprint density at radius 2 is 1.81 bits per heavy atom. The van der Waals surface area contributed by atoms with Crippen molar-refractivity contribution < 1.29 is 44.7 Å². The number of hydrogen-bond donors (Lipinski definition) is 10. The van der Waals surface area contributed by atoms with Crippen molar-refractivity contribution in [2.24, 2.45) is 5.92 Å². The molecule has 1 amide bonds. The number of amides is 1. The normalized spacial score (nSPS) is 27.7. The number of rotatable bonds is 11. The van der Waals surface area contributed by atoms with Gasteiger partial charge in [0.05, 0.1) is 24.8 Å². The van der Waals surface area contributed by atoms with E-state index >= 15 is 0 Å². The minimum atomic E-state index is -4.10. The molecule has 0 spiro atoms. The number of nitrogens with one attached hydrogen (secondary N) is 3. The molecule has 1 aliphatic heterocycles. The molecule has 1 saturated heterocycles. The highest BCUT2D eigenvalue weighted by molar-refractivity contribution is 7.51. The molecule has 6 atom stereocenters. The Kier molecular flexibility index (Phi) is 9.55. The first-order valence-electron chi connectivity index (χ1n) is 8.22. The molecule has 0 aromatic heterocycles. The van der Waals surface area contributed by atoms with Crippen molar-refractivity contribution in [2.45, 2.75) is 50.1 Å². The summed E-state index contributed by atoms with van der Waals surface area (Å²) in [5.74, 6) is -1.17. The van der Waals surface area contributed by atoms with Crippen molar-refractivity contribution in [1.82, 2.24) is 16.0 Å². The van der Waals surface area contributed by atoms with Crippen LogP contribution in [0.3, 0.4) is 0 Å². The minimum Gasteiger partial charge on any atom is -0.394 e. The lowest BCUT2D eigenvalue weighted by Gasteiger charge is -2.36. The van der Waals surface area contributed by atoms with E-state index in [1.807, 2.05) is 0 Å². The standard InChI is InChI=1S/C13H28N3O9P/c17-6-9(19)10(20)8(18)5-14-11-7(12(21)16-13(22)15-11)3-1-2-4-26(23,24)25/h7-11,13-15,17-20,22H,1-6H2,(H,16,21)(H2,23,24,25)/t7?,8-,9+,10-,11?,13?/m0/s1. The molecule has 0 bridgehead atoms. The second-order valence-corrected chi connectivity index (χ2v) is 8.04. The molecule has 1 rings (SSSR count). The monoisotopic (exact) mass is 401 g/mol. The molecule has 26 heavy (non-hydrogen) atoms. The van der Waals surface area contributed by atoms with E-state index in [0.717, 1.165) is 0 Å². The quantitative estimate of drug-likeness (QED) is 0.119. The maximum absolute atomic E-state index is 12.0. The van der Waals surface area contributed by atoms with Crippen molar-refractivity contribution in [3.63, 3.8) is 0 Å². The van der Waals surface area contributed by atoms with Gasteiger partial charge >= 0.3 is 7.60 Å². The van der Waals surface area contributed by atoms with Gasteiger partial charge in [0.25, 0.3) is 0 Å². The number of aliphatic hydroxyl groups is 5. The van der Waals surface area contributed by atoms with Crippen molar-refractivity contribution in [3.8, 4) is 0 Å². The zero-order chi connectivity index (χ0) is 19.9. The first-order valence-corrected chi connectivity index (χ1v) is 10.0. The fourth-order valence-electron chi connectivity index (χ4n) is 2.63. The molecule has 0 aromatic carbocycles. The summed E-state index contributed by atoms with van der Waals surface area (Å²) < 4.78 is 10.8. The zero-order valence-electron chi connectivity index (χ0n) is 14.1. The fraction of sp³-hybridized carbons (Fsp3) is 0.923. The average Bonchev–Trinajstić information content (AvgIpc) is 2.55. The number of carbonyl (C=O) groups excluding carboxylic acids is 1. The SMILES string of the molecule is O=C1NC(O)NC(NC[C@H](O)[C@H](O)[C@H](O)CO)C1CCCCP(=O)(O)O. The van der Waals surface area contributed by atoms with Crippen LogP contribution in [0, 0.1) is 5.92 Å². The molecule has 13 heteroatoms. The van der Waals surface area contributed by atoms with E-state index in [9.17, 15) is 29.8 Å². The molecule has 1 fully saturated rings. The number of aliphatic hydroxyl groups excluding tert-OH is 5. The van der Waals surface area contributed by atoms with Gasteiger partial charge in [-0.1, -0.05) is 6.42 Å². The topological polar surface area (TPSA) is 212 Å². The molecule has 0 saturated carbocycles. The van der Waals surface area contributed by atoms with Gasteiger partial charge in [-0.3, -0.25) is 20.0 Å². The lowest BCUT2D eigenvalue weighted by atomic mass is 9.95. The number of carbonyl (C=O) groups is 1. The summed E-state index contributed by atoms with van der Waals surface area (Å²) in [5.41, 5.74) is 0. The number of hydrogen-bond acceptors (Lipinski definition) is 9. The van der Waals surface area contributed by atoms with Gasteiger partial charge in [0.1, 0.15) is 12.2 Å². The van der Waals surface area contributed by atoms with E-state index in [1.165, 1.54) is 0 Å². The van der Waals surface area contributed by atoms with Crippen molar-refractivity contribution in [3.05, 3.63) is 0 Å². The summed E-state index contributed by atoms with van der Waals surface area (Å²) in [5, 5.41) is 54.8. The summed E-state index contributed by atoms with van der Waals surface area (Å²) in [4.78, 5) is 29.7. The summed E-state index contributed by atoms with van der Waals surface area (Å²) in [6.07, 6.45) is -6.11. The number of unbranched alkanes of at least 4 members (excludes halogenated alkanes) is 1. The van der Waals surface area contributed by atoms with Crippen molar-refractivity contribution in [2.75, 3.05) is 19.3 Å².